The molecule has 0 saturated heterocycles. The fraction of sp³-hybridized carbons (Fsp3) is 0.538. The van der Waals surface area contributed by atoms with Crippen LogP contribution >= 0.6 is 0 Å². The molecule has 1 aliphatic carbocycles. The van der Waals surface area contributed by atoms with Gasteiger partial charge in [0.25, 0.3) is 5.91 Å². The second-order valence-corrected chi connectivity index (χ2v) is 4.79. The van der Waals surface area contributed by atoms with Crippen LogP contribution in [0.25, 0.3) is 0 Å². The van der Waals surface area contributed by atoms with Crippen molar-refractivity contribution in [1.82, 2.24) is 10.3 Å². The van der Waals surface area contributed by atoms with Crippen molar-refractivity contribution in [3.8, 4) is 0 Å². The van der Waals surface area contributed by atoms with Gasteiger partial charge in [-0.2, -0.15) is 0 Å². The zero-order valence-electron chi connectivity index (χ0n) is 10.3. The molecule has 98 valence electrons. The predicted octanol–water partition coefficient (Wildman–Crippen LogP) is 0.622. The maximum atomic E-state index is 12.0. The molecule has 1 fully saturated rings. The Morgan fingerprint density at radius 3 is 2.89 bits per heavy atom. The Hall–Kier alpha value is -1.62. The van der Waals surface area contributed by atoms with Crippen LogP contribution in [-0.4, -0.2) is 23.5 Å². The van der Waals surface area contributed by atoms with Gasteiger partial charge in [0.2, 0.25) is 5.56 Å². The number of nitrogens with one attached hydrogen (secondary N) is 2. The van der Waals surface area contributed by atoms with Crippen molar-refractivity contribution < 1.29 is 4.79 Å². The normalized spacial score (nSPS) is 23.6. The Labute approximate surface area is 106 Å². The Bertz CT molecular complexity index is 469. The highest BCUT2D eigenvalue weighted by atomic mass is 16.2. The molecule has 2 atom stereocenters. The topological polar surface area (TPSA) is 88.0 Å². The molecule has 5 nitrogen and oxygen atoms in total. The van der Waals surface area contributed by atoms with Crippen LogP contribution in [0, 0.1) is 5.92 Å². The van der Waals surface area contributed by atoms with Gasteiger partial charge in [-0.15, -0.1) is 0 Å². The highest BCUT2D eigenvalue weighted by Crippen LogP contribution is 2.23. The molecule has 1 aromatic rings. The van der Waals surface area contributed by atoms with E-state index in [4.69, 9.17) is 5.73 Å². The van der Waals surface area contributed by atoms with Gasteiger partial charge in [-0.25, -0.2) is 0 Å². The van der Waals surface area contributed by atoms with E-state index in [1.165, 1.54) is 12.5 Å². The summed E-state index contributed by atoms with van der Waals surface area (Å²) in [6, 6.07) is 4.70. The summed E-state index contributed by atoms with van der Waals surface area (Å²) in [4.78, 5) is 25.7. The van der Waals surface area contributed by atoms with Gasteiger partial charge in [-0.1, -0.05) is 18.9 Å². The zero-order valence-corrected chi connectivity index (χ0v) is 10.3. The fourth-order valence-electron chi connectivity index (χ4n) is 2.51. The molecule has 2 rings (SSSR count). The van der Waals surface area contributed by atoms with E-state index < -0.39 is 0 Å². The third-order valence-corrected chi connectivity index (χ3v) is 3.54. The van der Waals surface area contributed by atoms with Crippen molar-refractivity contribution in [3.63, 3.8) is 0 Å². The number of carbonyl (C=O) groups is 1. The number of amides is 1. The molecule has 18 heavy (non-hydrogen) atoms. The monoisotopic (exact) mass is 249 g/mol. The Balaban J connectivity index is 2.04. The lowest BCUT2D eigenvalue weighted by Gasteiger charge is -2.31. The number of aromatic nitrogens is 1. The molecule has 0 radical (unpaired) electrons. The molecule has 0 aromatic carbocycles. The average Bonchev–Trinajstić information content (AvgIpc) is 2.39. The minimum absolute atomic E-state index is 0.125. The Kier molecular flexibility index (Phi) is 4.15. The molecular weight excluding hydrogens is 230 g/mol. The van der Waals surface area contributed by atoms with Gasteiger partial charge in [0.05, 0.1) is 0 Å². The van der Waals surface area contributed by atoms with Crippen molar-refractivity contribution in [3.05, 3.63) is 34.2 Å². The summed E-state index contributed by atoms with van der Waals surface area (Å²) < 4.78 is 0. The average molecular weight is 249 g/mol. The lowest BCUT2D eigenvalue weighted by molar-refractivity contribution is 0.0902. The lowest BCUT2D eigenvalue weighted by atomic mass is 9.84. The maximum Gasteiger partial charge on any atom is 0.268 e. The third-order valence-electron chi connectivity index (χ3n) is 3.54. The van der Waals surface area contributed by atoms with Gasteiger partial charge in [-0.3, -0.25) is 9.59 Å². The van der Waals surface area contributed by atoms with Gasteiger partial charge in [-0.05, 0) is 31.4 Å². The Morgan fingerprint density at radius 1 is 1.39 bits per heavy atom. The van der Waals surface area contributed by atoms with Crippen LogP contribution in [-0.2, 0) is 0 Å². The highest BCUT2D eigenvalue weighted by Gasteiger charge is 2.25. The minimum Gasteiger partial charge on any atom is -0.348 e. The van der Waals surface area contributed by atoms with Gasteiger partial charge in [0.1, 0.15) is 5.69 Å². The van der Waals surface area contributed by atoms with Crippen LogP contribution in [0.3, 0.4) is 0 Å². The van der Waals surface area contributed by atoms with E-state index in [2.05, 4.69) is 10.3 Å². The van der Waals surface area contributed by atoms with Crippen molar-refractivity contribution in [2.24, 2.45) is 11.7 Å². The summed E-state index contributed by atoms with van der Waals surface area (Å²) in [5, 5.41) is 2.97. The van der Waals surface area contributed by atoms with Crippen LogP contribution < -0.4 is 16.6 Å². The first kappa shape index (κ1) is 12.8. The Morgan fingerprint density at radius 2 is 2.17 bits per heavy atom. The van der Waals surface area contributed by atoms with Crippen LogP contribution in [0.1, 0.15) is 36.2 Å². The van der Waals surface area contributed by atoms with E-state index >= 15 is 0 Å². The first-order valence-electron chi connectivity index (χ1n) is 6.41. The molecule has 1 aromatic heterocycles. The van der Waals surface area contributed by atoms with E-state index in [-0.39, 0.29) is 17.5 Å². The number of hydrogen-bond donors (Lipinski definition) is 3. The number of aromatic amines is 1. The number of nitrogens with two attached hydrogens (primary N) is 1. The van der Waals surface area contributed by atoms with Crippen molar-refractivity contribution in [2.75, 3.05) is 6.54 Å². The largest absolute Gasteiger partial charge is 0.348 e. The van der Waals surface area contributed by atoms with E-state index in [9.17, 15) is 9.59 Å². The van der Waals surface area contributed by atoms with E-state index in [0.717, 1.165) is 19.3 Å². The molecule has 1 heterocycles. The van der Waals surface area contributed by atoms with Gasteiger partial charge in [0.15, 0.2) is 0 Å². The van der Waals surface area contributed by atoms with Gasteiger partial charge in [0, 0.05) is 12.1 Å². The van der Waals surface area contributed by atoms with Crippen molar-refractivity contribution in [2.45, 2.75) is 31.7 Å². The van der Waals surface area contributed by atoms with Gasteiger partial charge >= 0.3 is 0 Å². The summed E-state index contributed by atoms with van der Waals surface area (Å²) in [6.45, 7) is 0.594. The fourth-order valence-corrected chi connectivity index (χ4v) is 2.51. The van der Waals surface area contributed by atoms with E-state index in [1.807, 2.05) is 0 Å². The summed E-state index contributed by atoms with van der Waals surface area (Å²) in [6.07, 6.45) is 4.32. The second-order valence-electron chi connectivity index (χ2n) is 4.79. The van der Waals surface area contributed by atoms with E-state index in [0.29, 0.717) is 18.2 Å². The number of pyridine rings is 1. The number of carbonyl (C=O) groups excluding carboxylic acids is 1. The van der Waals surface area contributed by atoms with Crippen molar-refractivity contribution >= 4 is 5.91 Å². The first-order valence-corrected chi connectivity index (χ1v) is 6.41. The third kappa shape index (κ3) is 2.98. The van der Waals surface area contributed by atoms with Crippen molar-refractivity contribution in [1.29, 1.82) is 0 Å². The van der Waals surface area contributed by atoms with Crippen LogP contribution in [0.4, 0.5) is 0 Å². The van der Waals surface area contributed by atoms with Crippen LogP contribution in [0.15, 0.2) is 23.0 Å². The zero-order chi connectivity index (χ0) is 13.0. The smallest absolute Gasteiger partial charge is 0.268 e. The summed E-state index contributed by atoms with van der Waals surface area (Å²) in [5.41, 5.74) is 5.77. The summed E-state index contributed by atoms with van der Waals surface area (Å²) >= 11 is 0. The molecule has 1 saturated carbocycles. The molecule has 0 spiro atoms. The predicted molar refractivity (Wildman–Crippen MR) is 69.3 cm³/mol. The standard InChI is InChI=1S/C13H19N3O2/c14-8-9-4-1-2-5-10(9)16-13(18)11-6-3-7-12(17)15-11/h3,6-7,9-10H,1-2,4-5,8,14H2,(H,15,17)(H,16,18). The quantitative estimate of drug-likeness (QED) is 0.734. The molecular formula is C13H19N3O2. The lowest BCUT2D eigenvalue weighted by Crippen LogP contribution is -2.45. The summed E-state index contributed by atoms with van der Waals surface area (Å²) in [5.74, 6) is 0.121. The molecule has 2 unspecified atom stereocenters. The first-order chi connectivity index (χ1) is 8.70. The second kappa shape index (κ2) is 5.82. The maximum absolute atomic E-state index is 12.0. The number of rotatable bonds is 3. The molecule has 4 N–H and O–H groups in total. The molecule has 0 aliphatic heterocycles. The van der Waals surface area contributed by atoms with Gasteiger partial charge < -0.3 is 16.0 Å². The van der Waals surface area contributed by atoms with E-state index in [1.54, 1.807) is 12.1 Å². The highest BCUT2D eigenvalue weighted by molar-refractivity contribution is 5.92. The number of hydrogen-bond acceptors (Lipinski definition) is 3. The van der Waals surface area contributed by atoms with Crippen LogP contribution in [0.2, 0.25) is 0 Å². The number of H-pyrrole nitrogens is 1. The minimum atomic E-state index is -0.262. The molecule has 1 aliphatic rings. The SMILES string of the molecule is NCC1CCCCC1NC(=O)c1cccc(=O)[nH]1. The molecule has 1 amide bonds. The molecule has 5 heteroatoms. The van der Waals surface area contributed by atoms with Crippen LogP contribution in [0.5, 0.6) is 0 Å². The molecule has 0 bridgehead atoms. The summed E-state index contributed by atoms with van der Waals surface area (Å²) in [7, 11) is 0.